The molecule has 0 bridgehead atoms. The van der Waals surface area contributed by atoms with E-state index < -0.39 is 0 Å². The maximum Gasteiger partial charge on any atom is 0.270 e. The summed E-state index contributed by atoms with van der Waals surface area (Å²) in [6, 6.07) is 14.0. The highest BCUT2D eigenvalue weighted by Crippen LogP contribution is 2.26. The number of hydrogen-bond donors (Lipinski definition) is 2. The number of carbonyl (C=O) groups is 1. The van der Waals surface area contributed by atoms with Crippen molar-refractivity contribution in [2.75, 3.05) is 33.4 Å². The number of aliphatic hydroxyl groups excluding tert-OH is 1. The first-order chi connectivity index (χ1) is 11.2. The Kier molecular flexibility index (Phi) is 4.60. The monoisotopic (exact) mass is 312 g/mol. The van der Waals surface area contributed by atoms with Gasteiger partial charge in [0.1, 0.15) is 5.69 Å². The van der Waals surface area contributed by atoms with E-state index in [-0.39, 0.29) is 19.1 Å². The van der Waals surface area contributed by atoms with E-state index >= 15 is 0 Å². The van der Waals surface area contributed by atoms with Gasteiger partial charge in [-0.15, -0.1) is 0 Å². The smallest absolute Gasteiger partial charge is 0.270 e. The van der Waals surface area contributed by atoms with Crippen LogP contribution in [-0.2, 0) is 4.74 Å². The van der Waals surface area contributed by atoms with Crippen molar-refractivity contribution in [3.05, 3.63) is 48.2 Å². The van der Waals surface area contributed by atoms with Crippen LogP contribution in [0.5, 0.6) is 0 Å². The summed E-state index contributed by atoms with van der Waals surface area (Å²) < 4.78 is 5.04. The number of methoxy groups -OCH3 is 1. The maximum absolute atomic E-state index is 12.7. The topological polar surface area (TPSA) is 65.6 Å². The predicted octanol–water partition coefficient (Wildman–Crippen LogP) is 2.40. The normalized spacial score (nSPS) is 11.2. The van der Waals surface area contributed by atoms with Gasteiger partial charge in [-0.25, -0.2) is 0 Å². The Balaban J connectivity index is 1.98. The summed E-state index contributed by atoms with van der Waals surface area (Å²) >= 11 is 0. The molecule has 0 saturated heterocycles. The van der Waals surface area contributed by atoms with E-state index in [2.05, 4.69) is 17.1 Å². The number of benzene rings is 2. The lowest BCUT2D eigenvalue weighted by atomic mass is 10.1. The van der Waals surface area contributed by atoms with Crippen LogP contribution in [0.4, 0.5) is 0 Å². The molecule has 0 spiro atoms. The average Bonchev–Trinajstić information content (AvgIpc) is 3.02. The Morgan fingerprint density at radius 2 is 2.00 bits per heavy atom. The average molecular weight is 312 g/mol. The summed E-state index contributed by atoms with van der Waals surface area (Å²) in [6.07, 6.45) is 0. The summed E-state index contributed by atoms with van der Waals surface area (Å²) in [4.78, 5) is 17.5. The first-order valence-corrected chi connectivity index (χ1v) is 7.64. The van der Waals surface area contributed by atoms with Crippen molar-refractivity contribution in [2.24, 2.45) is 0 Å². The van der Waals surface area contributed by atoms with Crippen LogP contribution in [0.25, 0.3) is 21.7 Å². The quantitative estimate of drug-likeness (QED) is 0.734. The van der Waals surface area contributed by atoms with Crippen LogP contribution in [0.1, 0.15) is 10.5 Å². The second kappa shape index (κ2) is 6.81. The molecule has 1 heterocycles. The standard InChI is InChI=1S/C18H20N2O3/c1-23-11-9-20(8-10-21)18(22)17-12-15-14-5-3-2-4-13(14)6-7-16(15)19-17/h2-7,12,19,21H,8-11H2,1H3. The number of aromatic nitrogens is 1. The second-order valence-electron chi connectivity index (χ2n) is 5.44. The van der Waals surface area contributed by atoms with Gasteiger partial charge in [-0.05, 0) is 22.9 Å². The van der Waals surface area contributed by atoms with Crippen LogP contribution in [-0.4, -0.2) is 54.3 Å². The Morgan fingerprint density at radius 3 is 2.78 bits per heavy atom. The summed E-state index contributed by atoms with van der Waals surface area (Å²) in [7, 11) is 1.59. The van der Waals surface area contributed by atoms with Gasteiger partial charge in [-0.2, -0.15) is 0 Å². The summed E-state index contributed by atoms with van der Waals surface area (Å²) in [6.45, 7) is 1.11. The Bertz CT molecular complexity index is 825. The van der Waals surface area contributed by atoms with E-state index in [9.17, 15) is 4.79 Å². The number of carbonyl (C=O) groups excluding carboxylic acids is 1. The van der Waals surface area contributed by atoms with Gasteiger partial charge in [0.25, 0.3) is 5.91 Å². The molecule has 1 aromatic heterocycles. The van der Waals surface area contributed by atoms with Crippen LogP contribution in [0.2, 0.25) is 0 Å². The van der Waals surface area contributed by atoms with E-state index in [1.165, 1.54) is 0 Å². The van der Waals surface area contributed by atoms with Crippen molar-refractivity contribution < 1.29 is 14.6 Å². The highest BCUT2D eigenvalue weighted by Gasteiger charge is 2.17. The Labute approximate surface area is 134 Å². The number of nitrogens with one attached hydrogen (secondary N) is 1. The van der Waals surface area contributed by atoms with E-state index in [0.29, 0.717) is 18.8 Å². The van der Waals surface area contributed by atoms with Crippen molar-refractivity contribution >= 4 is 27.6 Å². The highest BCUT2D eigenvalue weighted by atomic mass is 16.5. The van der Waals surface area contributed by atoms with Crippen molar-refractivity contribution in [1.82, 2.24) is 9.88 Å². The predicted molar refractivity (Wildman–Crippen MR) is 90.7 cm³/mol. The number of fused-ring (bicyclic) bond motifs is 3. The van der Waals surface area contributed by atoms with Crippen LogP contribution >= 0.6 is 0 Å². The van der Waals surface area contributed by atoms with Gasteiger partial charge in [0, 0.05) is 31.1 Å². The Morgan fingerprint density at radius 1 is 1.17 bits per heavy atom. The molecule has 23 heavy (non-hydrogen) atoms. The number of aromatic amines is 1. The molecule has 2 aromatic carbocycles. The molecule has 3 aromatic rings. The zero-order valence-electron chi connectivity index (χ0n) is 13.1. The summed E-state index contributed by atoms with van der Waals surface area (Å²) in [5.41, 5.74) is 1.46. The molecule has 120 valence electrons. The number of H-pyrrole nitrogens is 1. The van der Waals surface area contributed by atoms with Gasteiger partial charge < -0.3 is 19.7 Å². The fourth-order valence-electron chi connectivity index (χ4n) is 2.81. The van der Waals surface area contributed by atoms with E-state index in [1.807, 2.05) is 30.3 Å². The molecule has 0 fully saturated rings. The van der Waals surface area contributed by atoms with Gasteiger partial charge in [0.2, 0.25) is 0 Å². The molecule has 0 unspecified atom stereocenters. The Hall–Kier alpha value is -2.37. The maximum atomic E-state index is 12.7. The molecule has 3 rings (SSSR count). The molecule has 0 radical (unpaired) electrons. The molecular formula is C18H20N2O3. The van der Waals surface area contributed by atoms with Crippen LogP contribution in [0.15, 0.2) is 42.5 Å². The van der Waals surface area contributed by atoms with E-state index in [1.54, 1.807) is 12.0 Å². The van der Waals surface area contributed by atoms with E-state index in [4.69, 9.17) is 9.84 Å². The highest BCUT2D eigenvalue weighted by molar-refractivity contribution is 6.09. The summed E-state index contributed by atoms with van der Waals surface area (Å²) in [5, 5.41) is 12.5. The van der Waals surface area contributed by atoms with Gasteiger partial charge in [-0.1, -0.05) is 30.3 Å². The third-order valence-corrected chi connectivity index (χ3v) is 3.98. The molecule has 0 atom stereocenters. The number of ether oxygens (including phenoxy) is 1. The molecule has 5 heteroatoms. The molecule has 0 aliphatic heterocycles. The lowest BCUT2D eigenvalue weighted by Crippen LogP contribution is -2.36. The third-order valence-electron chi connectivity index (χ3n) is 3.98. The number of aliphatic hydroxyl groups is 1. The molecular weight excluding hydrogens is 292 g/mol. The summed E-state index contributed by atoms with van der Waals surface area (Å²) in [5.74, 6) is -0.128. The van der Waals surface area contributed by atoms with Crippen LogP contribution in [0.3, 0.4) is 0 Å². The minimum absolute atomic E-state index is 0.0708. The SMILES string of the molecule is COCCN(CCO)C(=O)c1cc2c(ccc3ccccc32)[nH]1. The minimum Gasteiger partial charge on any atom is -0.395 e. The minimum atomic E-state index is -0.128. The number of rotatable bonds is 6. The molecule has 0 aliphatic rings. The number of amides is 1. The fraction of sp³-hybridized carbons (Fsp3) is 0.278. The van der Waals surface area contributed by atoms with Gasteiger partial charge in [0.15, 0.2) is 0 Å². The third kappa shape index (κ3) is 3.06. The first-order valence-electron chi connectivity index (χ1n) is 7.64. The van der Waals surface area contributed by atoms with Crippen molar-refractivity contribution in [3.63, 3.8) is 0 Å². The van der Waals surface area contributed by atoms with E-state index in [0.717, 1.165) is 21.7 Å². The molecule has 0 saturated carbocycles. The van der Waals surface area contributed by atoms with Gasteiger partial charge in [-0.3, -0.25) is 4.79 Å². The van der Waals surface area contributed by atoms with Crippen molar-refractivity contribution in [1.29, 1.82) is 0 Å². The lowest BCUT2D eigenvalue weighted by Gasteiger charge is -2.20. The second-order valence-corrected chi connectivity index (χ2v) is 5.44. The van der Waals surface area contributed by atoms with Gasteiger partial charge >= 0.3 is 0 Å². The zero-order valence-corrected chi connectivity index (χ0v) is 13.1. The first kappa shape index (κ1) is 15.5. The fourth-order valence-corrected chi connectivity index (χ4v) is 2.81. The lowest BCUT2D eigenvalue weighted by molar-refractivity contribution is 0.0652. The molecule has 2 N–H and O–H groups in total. The molecule has 1 amide bonds. The zero-order chi connectivity index (χ0) is 16.2. The number of nitrogens with zero attached hydrogens (tertiary/aromatic N) is 1. The molecule has 5 nitrogen and oxygen atoms in total. The van der Waals surface area contributed by atoms with Gasteiger partial charge in [0.05, 0.1) is 13.2 Å². The van der Waals surface area contributed by atoms with Crippen LogP contribution < -0.4 is 0 Å². The van der Waals surface area contributed by atoms with Crippen LogP contribution in [0, 0.1) is 0 Å². The number of hydrogen-bond acceptors (Lipinski definition) is 3. The largest absolute Gasteiger partial charge is 0.395 e. The van der Waals surface area contributed by atoms with Crippen molar-refractivity contribution in [3.8, 4) is 0 Å². The van der Waals surface area contributed by atoms with Crippen molar-refractivity contribution in [2.45, 2.75) is 0 Å². The molecule has 0 aliphatic carbocycles.